The van der Waals surface area contributed by atoms with Crippen LogP contribution in [0.5, 0.6) is 5.75 Å². The topological polar surface area (TPSA) is 107 Å². The van der Waals surface area contributed by atoms with Gasteiger partial charge in [0, 0.05) is 36.4 Å². The van der Waals surface area contributed by atoms with E-state index in [-0.39, 0.29) is 17.9 Å². The third kappa shape index (κ3) is 7.21. The van der Waals surface area contributed by atoms with E-state index in [9.17, 15) is 9.59 Å². The zero-order chi connectivity index (χ0) is 34.7. The SMILES string of the molecule is CCCC(=O)N(CCC)Cc1nc2c(ccc3cc4c(cc32)OCc2cc(-c3cnc(CN(C(=O)CC(C)CC)[C@@H](C)CC)[nH]3)ccc2-4)[nH]1. The first-order valence-corrected chi connectivity index (χ1v) is 18.1. The smallest absolute Gasteiger partial charge is 0.223 e. The molecule has 2 atom stereocenters. The van der Waals surface area contributed by atoms with E-state index in [0.717, 1.165) is 99.4 Å². The second-order valence-electron chi connectivity index (χ2n) is 13.7. The van der Waals surface area contributed by atoms with Crippen LogP contribution in [0.25, 0.3) is 44.2 Å². The predicted octanol–water partition coefficient (Wildman–Crippen LogP) is 8.77. The molecule has 9 heteroatoms. The van der Waals surface area contributed by atoms with Crippen LogP contribution < -0.4 is 4.74 Å². The highest BCUT2D eigenvalue weighted by Crippen LogP contribution is 2.42. The zero-order valence-electron chi connectivity index (χ0n) is 29.9. The number of rotatable bonds is 14. The molecule has 2 N–H and O–H groups in total. The van der Waals surface area contributed by atoms with Gasteiger partial charge in [0.15, 0.2) is 0 Å². The number of amides is 2. The van der Waals surface area contributed by atoms with Gasteiger partial charge >= 0.3 is 0 Å². The van der Waals surface area contributed by atoms with Crippen LogP contribution >= 0.6 is 0 Å². The van der Waals surface area contributed by atoms with E-state index in [1.165, 1.54) is 0 Å². The van der Waals surface area contributed by atoms with Gasteiger partial charge in [0.1, 0.15) is 24.0 Å². The lowest BCUT2D eigenvalue weighted by molar-refractivity contribution is -0.135. The largest absolute Gasteiger partial charge is 0.488 e. The molecule has 258 valence electrons. The number of fused-ring (bicyclic) bond motifs is 6. The van der Waals surface area contributed by atoms with Crippen molar-refractivity contribution in [3.63, 3.8) is 0 Å². The summed E-state index contributed by atoms with van der Waals surface area (Å²) in [4.78, 5) is 46.3. The summed E-state index contributed by atoms with van der Waals surface area (Å²) in [6.07, 6.45) is 6.60. The molecule has 5 aromatic rings. The Balaban J connectivity index is 1.24. The summed E-state index contributed by atoms with van der Waals surface area (Å²) in [5.41, 5.74) is 7.12. The number of hydrogen-bond donors (Lipinski definition) is 2. The Kier molecular flexibility index (Phi) is 10.4. The molecule has 0 spiro atoms. The Morgan fingerprint density at radius 1 is 0.898 bits per heavy atom. The maximum Gasteiger partial charge on any atom is 0.223 e. The van der Waals surface area contributed by atoms with E-state index in [1.54, 1.807) is 0 Å². The lowest BCUT2D eigenvalue weighted by atomic mass is 9.92. The molecule has 0 fully saturated rings. The molecule has 2 amide bonds. The fourth-order valence-electron chi connectivity index (χ4n) is 6.72. The summed E-state index contributed by atoms with van der Waals surface area (Å²) >= 11 is 0. The summed E-state index contributed by atoms with van der Waals surface area (Å²) in [5, 5.41) is 2.11. The molecule has 1 aliphatic rings. The Hall–Kier alpha value is -4.66. The van der Waals surface area contributed by atoms with Gasteiger partial charge < -0.3 is 24.5 Å². The van der Waals surface area contributed by atoms with Crippen LogP contribution in [-0.2, 0) is 29.3 Å². The minimum atomic E-state index is 0.144. The molecular formula is C40H50N6O3. The van der Waals surface area contributed by atoms with Gasteiger partial charge in [-0.3, -0.25) is 9.59 Å². The van der Waals surface area contributed by atoms with Gasteiger partial charge in [-0.1, -0.05) is 59.2 Å². The highest BCUT2D eigenvalue weighted by Gasteiger charge is 2.24. The van der Waals surface area contributed by atoms with Crippen LogP contribution in [0.2, 0.25) is 0 Å². The Morgan fingerprint density at radius 2 is 1.73 bits per heavy atom. The molecule has 0 radical (unpaired) electrons. The molecular weight excluding hydrogens is 612 g/mol. The monoisotopic (exact) mass is 662 g/mol. The lowest BCUT2D eigenvalue weighted by Gasteiger charge is -2.29. The van der Waals surface area contributed by atoms with E-state index in [1.807, 2.05) is 22.9 Å². The van der Waals surface area contributed by atoms with Crippen LogP contribution in [0.4, 0.5) is 0 Å². The van der Waals surface area contributed by atoms with Crippen LogP contribution in [0.15, 0.2) is 48.7 Å². The van der Waals surface area contributed by atoms with Crippen LogP contribution in [0.3, 0.4) is 0 Å². The van der Waals surface area contributed by atoms with E-state index in [4.69, 9.17) is 9.72 Å². The normalized spacial score (nSPS) is 13.5. The van der Waals surface area contributed by atoms with Crippen molar-refractivity contribution in [2.45, 2.75) is 106 Å². The maximum absolute atomic E-state index is 13.2. The number of ether oxygens (including phenoxy) is 1. The van der Waals surface area contributed by atoms with Crippen molar-refractivity contribution >= 4 is 33.6 Å². The Bertz CT molecular complexity index is 1960. The third-order valence-electron chi connectivity index (χ3n) is 9.97. The summed E-state index contributed by atoms with van der Waals surface area (Å²) in [7, 11) is 0. The van der Waals surface area contributed by atoms with Gasteiger partial charge in [-0.05, 0) is 78.4 Å². The van der Waals surface area contributed by atoms with Crippen molar-refractivity contribution in [2.75, 3.05) is 6.54 Å². The number of hydrogen-bond acceptors (Lipinski definition) is 5. The third-order valence-corrected chi connectivity index (χ3v) is 9.97. The first-order chi connectivity index (χ1) is 23.7. The van der Waals surface area contributed by atoms with Gasteiger partial charge in [0.2, 0.25) is 11.8 Å². The Labute approximate surface area is 289 Å². The molecule has 1 unspecified atom stereocenters. The number of nitrogens with zero attached hydrogens (tertiary/aromatic N) is 4. The van der Waals surface area contributed by atoms with E-state index in [2.05, 4.69) is 92.0 Å². The van der Waals surface area contributed by atoms with Crippen LogP contribution in [-0.4, -0.2) is 54.1 Å². The fourth-order valence-corrected chi connectivity index (χ4v) is 6.72. The second kappa shape index (κ2) is 14.8. The van der Waals surface area contributed by atoms with Crippen molar-refractivity contribution in [1.29, 1.82) is 0 Å². The van der Waals surface area contributed by atoms with Gasteiger partial charge in [-0.15, -0.1) is 0 Å². The predicted molar refractivity (Wildman–Crippen MR) is 196 cm³/mol. The molecule has 1 aliphatic heterocycles. The molecule has 0 saturated carbocycles. The quantitative estimate of drug-likeness (QED) is 0.124. The van der Waals surface area contributed by atoms with Crippen molar-refractivity contribution < 1.29 is 14.3 Å². The number of aromatic amines is 2. The lowest BCUT2D eigenvalue weighted by Crippen LogP contribution is -2.38. The fraction of sp³-hybridized carbons (Fsp3) is 0.450. The number of aromatic nitrogens is 4. The first-order valence-electron chi connectivity index (χ1n) is 18.1. The molecule has 6 rings (SSSR count). The van der Waals surface area contributed by atoms with Crippen molar-refractivity contribution in [1.82, 2.24) is 29.7 Å². The number of benzene rings is 3. The minimum absolute atomic E-state index is 0.144. The van der Waals surface area contributed by atoms with E-state index < -0.39 is 0 Å². The average Bonchev–Trinajstić information content (AvgIpc) is 3.76. The summed E-state index contributed by atoms with van der Waals surface area (Å²) in [6, 6.07) is 15.1. The molecule has 2 aromatic heterocycles. The minimum Gasteiger partial charge on any atom is -0.488 e. The summed E-state index contributed by atoms with van der Waals surface area (Å²) in [6.45, 7) is 14.7. The number of carbonyl (C=O) groups is 2. The number of nitrogens with one attached hydrogen (secondary N) is 2. The van der Waals surface area contributed by atoms with Gasteiger partial charge in [0.05, 0.1) is 36.0 Å². The van der Waals surface area contributed by atoms with Crippen molar-refractivity contribution in [2.24, 2.45) is 5.92 Å². The standard InChI is InChI=1S/C40H50N6O3/c1-7-11-38(47)45(16-8-2)22-37-42-33-15-13-27-19-32-30-14-12-28(18-29(30)24-49-35(32)20-31(27)40(33)44-37)34-21-41-36(43-34)23-46(26(6)10-4)39(48)17-25(5)9-3/h12-15,18-21,25-26H,7-11,16-17,22-24H2,1-6H3,(H,41,43)(H,42,44)/t25?,26-/m0/s1. The first kappa shape index (κ1) is 34.2. The van der Waals surface area contributed by atoms with Gasteiger partial charge in [-0.25, -0.2) is 9.97 Å². The molecule has 0 bridgehead atoms. The second-order valence-corrected chi connectivity index (χ2v) is 13.7. The molecule has 0 aliphatic carbocycles. The number of imidazole rings is 2. The summed E-state index contributed by atoms with van der Waals surface area (Å²) in [5.74, 6) is 3.14. The molecule has 0 saturated heterocycles. The highest BCUT2D eigenvalue weighted by molar-refractivity contribution is 6.07. The highest BCUT2D eigenvalue weighted by atomic mass is 16.5. The molecule has 9 nitrogen and oxygen atoms in total. The van der Waals surface area contributed by atoms with E-state index in [0.29, 0.717) is 38.5 Å². The van der Waals surface area contributed by atoms with E-state index >= 15 is 0 Å². The zero-order valence-corrected chi connectivity index (χ0v) is 29.9. The summed E-state index contributed by atoms with van der Waals surface area (Å²) < 4.78 is 6.36. The number of H-pyrrole nitrogens is 2. The molecule has 3 aromatic carbocycles. The van der Waals surface area contributed by atoms with Gasteiger partial charge in [-0.2, -0.15) is 0 Å². The van der Waals surface area contributed by atoms with Crippen LogP contribution in [0, 0.1) is 5.92 Å². The van der Waals surface area contributed by atoms with Gasteiger partial charge in [0.25, 0.3) is 0 Å². The Morgan fingerprint density at radius 3 is 2.49 bits per heavy atom. The van der Waals surface area contributed by atoms with Crippen molar-refractivity contribution in [3.05, 3.63) is 65.9 Å². The number of carbonyl (C=O) groups excluding carboxylic acids is 2. The van der Waals surface area contributed by atoms with Crippen molar-refractivity contribution in [3.8, 4) is 28.1 Å². The maximum atomic E-state index is 13.2. The molecule has 3 heterocycles. The van der Waals surface area contributed by atoms with Crippen LogP contribution in [0.1, 0.15) is 97.3 Å². The molecule has 49 heavy (non-hydrogen) atoms. The average molecular weight is 663 g/mol.